The molecular weight excluding hydrogens is 628 g/mol. The van der Waals surface area contributed by atoms with Crippen molar-refractivity contribution in [3.63, 3.8) is 0 Å². The zero-order valence-electron chi connectivity index (χ0n) is 23.0. The number of phenolic OH excluding ortho intramolecular Hbond substituents is 4. The number of hydrogen-bond donors (Lipinski definition) is 12. The molecule has 0 saturated carbocycles. The second kappa shape index (κ2) is 12.4. The Labute approximate surface area is 255 Å². The molecule has 2 fully saturated rings. The first-order valence-electron chi connectivity index (χ1n) is 13.3. The summed E-state index contributed by atoms with van der Waals surface area (Å²) in [6.07, 6.45) is -19.9. The first-order chi connectivity index (χ1) is 21.7. The van der Waals surface area contributed by atoms with Crippen LogP contribution in [0.4, 0.5) is 0 Å². The van der Waals surface area contributed by atoms with E-state index in [0.717, 1.165) is 18.2 Å². The Kier molecular flexibility index (Phi) is 8.88. The van der Waals surface area contributed by atoms with Gasteiger partial charge in [-0.25, -0.2) is 4.79 Å². The first-order valence-corrected chi connectivity index (χ1v) is 13.3. The lowest BCUT2D eigenvalue weighted by atomic mass is 9.99. The van der Waals surface area contributed by atoms with E-state index in [1.54, 1.807) is 0 Å². The number of carboxylic acid groups (broad SMARTS) is 1. The molecule has 19 heteroatoms. The number of aliphatic hydroxyl groups is 7. The number of hydrogen-bond acceptors (Lipinski definition) is 18. The SMILES string of the molecule is O=C(O)[C@H]1O[C@@H](Oc2c(O)cc(O)c3c(=O)c(O[C@@H]4O[C@H](CO)[C@@H](O)[C@H](O)[C@H]4O)c(-c4ccc(O)c(O)c4)oc23)[C@H](O)[C@@H](O)[C@@H]1O. The van der Waals surface area contributed by atoms with Gasteiger partial charge in [0.15, 0.2) is 34.7 Å². The number of phenols is 4. The predicted molar refractivity (Wildman–Crippen MR) is 144 cm³/mol. The average Bonchev–Trinajstić information content (AvgIpc) is 3.01. The first kappa shape index (κ1) is 32.9. The van der Waals surface area contributed by atoms with Crippen molar-refractivity contribution in [2.24, 2.45) is 0 Å². The maximum atomic E-state index is 13.9. The number of aromatic hydroxyl groups is 4. The lowest BCUT2D eigenvalue weighted by Crippen LogP contribution is -2.61. The third-order valence-corrected chi connectivity index (χ3v) is 7.41. The third kappa shape index (κ3) is 5.59. The number of carbonyl (C=O) groups is 1. The summed E-state index contributed by atoms with van der Waals surface area (Å²) in [7, 11) is 0. The fourth-order valence-corrected chi connectivity index (χ4v) is 4.92. The summed E-state index contributed by atoms with van der Waals surface area (Å²) in [4.78, 5) is 25.4. The molecule has 0 unspecified atom stereocenters. The summed E-state index contributed by atoms with van der Waals surface area (Å²) in [5.74, 6) is -7.46. The number of rotatable bonds is 7. The van der Waals surface area contributed by atoms with Crippen LogP contribution in [0.1, 0.15) is 0 Å². The zero-order valence-corrected chi connectivity index (χ0v) is 23.0. The fourth-order valence-electron chi connectivity index (χ4n) is 4.92. The second-order valence-electron chi connectivity index (χ2n) is 10.4. The molecule has 5 rings (SSSR count). The van der Waals surface area contributed by atoms with E-state index in [9.17, 15) is 70.9 Å². The largest absolute Gasteiger partial charge is 0.507 e. The molecule has 2 aliphatic heterocycles. The van der Waals surface area contributed by atoms with Gasteiger partial charge in [-0.05, 0) is 18.2 Å². The molecule has 0 aliphatic carbocycles. The van der Waals surface area contributed by atoms with Crippen LogP contribution in [0.15, 0.2) is 33.5 Å². The van der Waals surface area contributed by atoms with Crippen molar-refractivity contribution in [3.05, 3.63) is 34.5 Å². The lowest BCUT2D eigenvalue weighted by molar-refractivity contribution is -0.277. The molecule has 0 radical (unpaired) electrons. The quantitative estimate of drug-likeness (QED) is 0.111. The maximum Gasteiger partial charge on any atom is 0.335 e. The van der Waals surface area contributed by atoms with E-state index >= 15 is 0 Å². The standard InChI is InChI=1S/C27H28O19/c28-5-11-13(33)15(35)18(38)26(42-11)45-23-14(34)12-9(31)4-10(32)21(22(12)43-20(23)6-1-2-7(29)8(30)3-6)44-27-19(39)16(36)17(37)24(46-27)25(40)41/h1-4,11,13,15-19,24,26-33,35-39H,5H2,(H,40,41)/t11-,13-,15+,16+,17+,18-,19-,24+,26+,27-/m1/s1. The van der Waals surface area contributed by atoms with E-state index in [2.05, 4.69) is 0 Å². The van der Waals surface area contributed by atoms with Crippen LogP contribution in [-0.4, -0.2) is 135 Å². The normalized spacial score (nSPS) is 31.5. The minimum atomic E-state index is -2.14. The van der Waals surface area contributed by atoms with Crippen LogP contribution in [0.5, 0.6) is 34.5 Å². The van der Waals surface area contributed by atoms with Gasteiger partial charge in [-0.1, -0.05) is 0 Å². The van der Waals surface area contributed by atoms with Crippen LogP contribution in [0.3, 0.4) is 0 Å². The number of carboxylic acids is 1. The monoisotopic (exact) mass is 656 g/mol. The Balaban J connectivity index is 1.69. The van der Waals surface area contributed by atoms with E-state index in [0.29, 0.717) is 6.07 Å². The molecule has 12 N–H and O–H groups in total. The molecule has 46 heavy (non-hydrogen) atoms. The molecule has 2 aromatic carbocycles. The topological polar surface area (TPSA) is 327 Å². The Morgan fingerprint density at radius 3 is 1.93 bits per heavy atom. The summed E-state index contributed by atoms with van der Waals surface area (Å²) >= 11 is 0. The van der Waals surface area contributed by atoms with Crippen LogP contribution in [0.25, 0.3) is 22.3 Å². The Hall–Kier alpha value is -4.44. The van der Waals surface area contributed by atoms with Gasteiger partial charge >= 0.3 is 5.97 Å². The van der Waals surface area contributed by atoms with Gasteiger partial charge in [0.2, 0.25) is 29.5 Å². The molecule has 0 bridgehead atoms. The van der Waals surface area contributed by atoms with Crippen LogP contribution in [0, 0.1) is 0 Å². The molecule has 0 amide bonds. The Morgan fingerprint density at radius 2 is 1.33 bits per heavy atom. The van der Waals surface area contributed by atoms with E-state index in [-0.39, 0.29) is 5.56 Å². The number of aliphatic hydroxyl groups excluding tert-OH is 7. The van der Waals surface area contributed by atoms with Gasteiger partial charge in [-0.3, -0.25) is 4.79 Å². The Bertz CT molecular complexity index is 1690. The van der Waals surface area contributed by atoms with Gasteiger partial charge in [0, 0.05) is 11.6 Å². The van der Waals surface area contributed by atoms with Gasteiger partial charge in [-0.15, -0.1) is 0 Å². The van der Waals surface area contributed by atoms with Gasteiger partial charge in [0.1, 0.15) is 53.9 Å². The Morgan fingerprint density at radius 1 is 0.717 bits per heavy atom. The molecule has 1 aromatic heterocycles. The molecule has 10 atom stereocenters. The van der Waals surface area contributed by atoms with Crippen molar-refractivity contribution in [1.82, 2.24) is 0 Å². The third-order valence-electron chi connectivity index (χ3n) is 7.41. The maximum absolute atomic E-state index is 13.9. The molecule has 0 spiro atoms. The minimum Gasteiger partial charge on any atom is -0.507 e. The van der Waals surface area contributed by atoms with Crippen molar-refractivity contribution < 1.29 is 89.4 Å². The highest BCUT2D eigenvalue weighted by Crippen LogP contribution is 2.45. The second-order valence-corrected chi connectivity index (χ2v) is 10.4. The van der Waals surface area contributed by atoms with Gasteiger partial charge < -0.3 is 84.6 Å². The van der Waals surface area contributed by atoms with Gasteiger partial charge in [0.05, 0.1) is 6.61 Å². The van der Waals surface area contributed by atoms with Crippen molar-refractivity contribution in [2.45, 2.75) is 61.4 Å². The van der Waals surface area contributed by atoms with Crippen LogP contribution < -0.4 is 14.9 Å². The summed E-state index contributed by atoms with van der Waals surface area (Å²) in [5.41, 5.74) is -2.33. The molecule has 19 nitrogen and oxygen atoms in total. The molecule has 3 aromatic rings. The van der Waals surface area contributed by atoms with Crippen LogP contribution in [0.2, 0.25) is 0 Å². The van der Waals surface area contributed by atoms with Gasteiger partial charge in [-0.2, -0.15) is 0 Å². The van der Waals surface area contributed by atoms with E-state index in [1.807, 2.05) is 0 Å². The van der Waals surface area contributed by atoms with E-state index < -0.39 is 131 Å². The molecule has 3 heterocycles. The van der Waals surface area contributed by atoms with Gasteiger partial charge in [0.25, 0.3) is 0 Å². The zero-order chi connectivity index (χ0) is 33.8. The van der Waals surface area contributed by atoms with E-state index in [1.165, 1.54) is 0 Å². The molecule has 2 aliphatic rings. The minimum absolute atomic E-state index is 0.235. The van der Waals surface area contributed by atoms with Crippen molar-refractivity contribution in [3.8, 4) is 45.8 Å². The summed E-state index contributed by atoms with van der Waals surface area (Å²) in [6, 6.07) is 3.53. The number of aliphatic carboxylic acids is 1. The average molecular weight is 657 g/mol. The van der Waals surface area contributed by atoms with Crippen LogP contribution >= 0.6 is 0 Å². The predicted octanol–water partition coefficient (Wildman–Crippen LogP) is -3.27. The summed E-state index contributed by atoms with van der Waals surface area (Å²) in [5, 5.41) is 121. The highest BCUT2D eigenvalue weighted by Gasteiger charge is 2.49. The highest BCUT2D eigenvalue weighted by molar-refractivity contribution is 5.93. The van der Waals surface area contributed by atoms with Crippen molar-refractivity contribution >= 4 is 16.9 Å². The molecular formula is C27H28O19. The summed E-state index contributed by atoms with van der Waals surface area (Å²) in [6.45, 7) is -0.861. The smallest absolute Gasteiger partial charge is 0.335 e. The highest BCUT2D eigenvalue weighted by atomic mass is 16.7. The number of benzene rings is 2. The van der Waals surface area contributed by atoms with Crippen molar-refractivity contribution in [2.75, 3.05) is 6.61 Å². The molecule has 2 saturated heterocycles. The summed E-state index contributed by atoms with van der Waals surface area (Å²) < 4.78 is 27.2. The lowest BCUT2D eigenvalue weighted by Gasteiger charge is -2.39. The number of fused-ring (bicyclic) bond motifs is 1. The fraction of sp³-hybridized carbons (Fsp3) is 0.407. The molecule has 250 valence electrons. The number of ether oxygens (including phenoxy) is 4. The van der Waals surface area contributed by atoms with E-state index in [4.69, 9.17) is 23.4 Å². The van der Waals surface area contributed by atoms with Crippen molar-refractivity contribution in [1.29, 1.82) is 0 Å². The van der Waals surface area contributed by atoms with Crippen LogP contribution in [-0.2, 0) is 14.3 Å².